The monoisotopic (exact) mass is 397 g/mol. The van der Waals surface area contributed by atoms with Gasteiger partial charge in [0.1, 0.15) is 6.33 Å². The highest BCUT2D eigenvalue weighted by Gasteiger charge is 2.33. The predicted octanol–water partition coefficient (Wildman–Crippen LogP) is 3.52. The third kappa shape index (κ3) is 2.64. The van der Waals surface area contributed by atoms with Crippen LogP contribution in [0.15, 0.2) is 59.8 Å². The average Bonchev–Trinajstić information content (AvgIpc) is 3.19. The van der Waals surface area contributed by atoms with Gasteiger partial charge in [-0.15, -0.1) is 0 Å². The number of likely N-dealkylation sites (N-methyl/N-ethyl adjacent to an activating group) is 1. The lowest BCUT2D eigenvalue weighted by Gasteiger charge is -2.30. The molecule has 6 nitrogen and oxygen atoms in total. The lowest BCUT2D eigenvalue weighted by Crippen LogP contribution is -2.34. The standard InChI is InChI=1S/C24H23N5O/c1-27-13-17-11-20(6-8-22(17)26-27)29-14-25-23-7-3-15(12-21(23)24(29)30)16-9-18-4-5-19(10-16)28(18)2/h3,6-9,11-14,18-19H,4-5,10H2,1-2H3/t18-,19?/m1/s1. The van der Waals surface area contributed by atoms with Crippen molar-refractivity contribution in [2.45, 2.75) is 31.3 Å². The maximum absolute atomic E-state index is 13.4. The van der Waals surface area contributed by atoms with Gasteiger partial charge in [-0.2, -0.15) is 5.10 Å². The van der Waals surface area contributed by atoms with Crippen molar-refractivity contribution in [1.82, 2.24) is 24.2 Å². The average molecular weight is 397 g/mol. The van der Waals surface area contributed by atoms with Gasteiger partial charge in [0.15, 0.2) is 0 Å². The van der Waals surface area contributed by atoms with Gasteiger partial charge in [0.05, 0.1) is 22.1 Å². The highest BCUT2D eigenvalue weighted by molar-refractivity contribution is 5.84. The Morgan fingerprint density at radius 3 is 2.77 bits per heavy atom. The third-order valence-electron chi connectivity index (χ3n) is 6.75. The van der Waals surface area contributed by atoms with Crippen LogP contribution in [0.3, 0.4) is 0 Å². The van der Waals surface area contributed by atoms with Gasteiger partial charge in [-0.25, -0.2) is 4.98 Å². The van der Waals surface area contributed by atoms with Crippen molar-refractivity contribution in [2.75, 3.05) is 7.05 Å². The Morgan fingerprint density at radius 1 is 1.03 bits per heavy atom. The van der Waals surface area contributed by atoms with E-state index in [9.17, 15) is 4.79 Å². The first-order valence-corrected chi connectivity index (χ1v) is 10.4. The van der Waals surface area contributed by atoms with E-state index in [-0.39, 0.29) is 5.56 Å². The van der Waals surface area contributed by atoms with Gasteiger partial charge in [0.2, 0.25) is 0 Å². The van der Waals surface area contributed by atoms with Crippen molar-refractivity contribution in [3.8, 4) is 5.69 Å². The van der Waals surface area contributed by atoms with Gasteiger partial charge in [-0.3, -0.25) is 18.9 Å². The molecular formula is C24H23N5O. The molecule has 2 atom stereocenters. The summed E-state index contributed by atoms with van der Waals surface area (Å²) >= 11 is 0. The Kier molecular flexibility index (Phi) is 3.74. The molecular weight excluding hydrogens is 374 g/mol. The van der Waals surface area contributed by atoms with Crippen LogP contribution in [-0.2, 0) is 7.05 Å². The van der Waals surface area contributed by atoms with E-state index in [1.54, 1.807) is 15.6 Å². The second kappa shape index (κ2) is 6.37. The van der Waals surface area contributed by atoms with Crippen LogP contribution in [0.4, 0.5) is 0 Å². The van der Waals surface area contributed by atoms with E-state index >= 15 is 0 Å². The van der Waals surface area contributed by atoms with E-state index in [1.165, 1.54) is 18.4 Å². The van der Waals surface area contributed by atoms with E-state index in [2.05, 4.69) is 34.2 Å². The van der Waals surface area contributed by atoms with Crippen molar-refractivity contribution in [1.29, 1.82) is 0 Å². The van der Waals surface area contributed by atoms with Gasteiger partial charge < -0.3 is 0 Å². The van der Waals surface area contributed by atoms with Crippen LogP contribution in [0.25, 0.3) is 33.1 Å². The largest absolute Gasteiger partial charge is 0.297 e. The predicted molar refractivity (Wildman–Crippen MR) is 119 cm³/mol. The molecule has 1 fully saturated rings. The molecule has 6 rings (SSSR count). The van der Waals surface area contributed by atoms with Gasteiger partial charge in [0, 0.05) is 30.7 Å². The summed E-state index contributed by atoms with van der Waals surface area (Å²) in [4.78, 5) is 20.4. The Labute approximate surface area is 174 Å². The summed E-state index contributed by atoms with van der Waals surface area (Å²) < 4.78 is 3.41. The first-order valence-electron chi connectivity index (χ1n) is 10.4. The van der Waals surface area contributed by atoms with Crippen molar-refractivity contribution in [3.05, 3.63) is 70.9 Å². The molecule has 2 aliphatic rings. The third-order valence-corrected chi connectivity index (χ3v) is 6.75. The molecule has 0 aliphatic carbocycles. The quantitative estimate of drug-likeness (QED) is 0.519. The fourth-order valence-electron chi connectivity index (χ4n) is 5.05. The van der Waals surface area contributed by atoms with Crippen LogP contribution < -0.4 is 5.56 Å². The van der Waals surface area contributed by atoms with Crippen LogP contribution in [0.1, 0.15) is 24.8 Å². The molecule has 2 aromatic carbocycles. The molecule has 4 heterocycles. The second-order valence-corrected chi connectivity index (χ2v) is 8.56. The van der Waals surface area contributed by atoms with Crippen molar-refractivity contribution < 1.29 is 0 Å². The molecule has 0 spiro atoms. The minimum absolute atomic E-state index is 0.0402. The summed E-state index contributed by atoms with van der Waals surface area (Å²) in [6, 6.07) is 13.1. The zero-order valence-electron chi connectivity index (χ0n) is 17.1. The summed E-state index contributed by atoms with van der Waals surface area (Å²) in [5, 5.41) is 6.07. The van der Waals surface area contributed by atoms with Gasteiger partial charge >= 0.3 is 0 Å². The zero-order chi connectivity index (χ0) is 20.4. The van der Waals surface area contributed by atoms with Gasteiger partial charge in [-0.05, 0) is 67.8 Å². The summed E-state index contributed by atoms with van der Waals surface area (Å²) in [5.74, 6) is 0. The van der Waals surface area contributed by atoms with Crippen molar-refractivity contribution in [3.63, 3.8) is 0 Å². The Balaban J connectivity index is 1.46. The van der Waals surface area contributed by atoms with Crippen LogP contribution in [0.2, 0.25) is 0 Å². The number of benzene rings is 2. The van der Waals surface area contributed by atoms with E-state index in [0.29, 0.717) is 17.5 Å². The summed E-state index contributed by atoms with van der Waals surface area (Å²) in [7, 11) is 4.12. The molecule has 6 heteroatoms. The van der Waals surface area contributed by atoms with E-state index in [1.807, 2.05) is 43.6 Å². The topological polar surface area (TPSA) is 56.0 Å². The van der Waals surface area contributed by atoms with Crippen LogP contribution in [0, 0.1) is 0 Å². The summed E-state index contributed by atoms with van der Waals surface area (Å²) in [6.45, 7) is 0. The van der Waals surface area contributed by atoms with E-state index in [4.69, 9.17) is 0 Å². The number of nitrogens with zero attached hydrogens (tertiary/aromatic N) is 5. The van der Waals surface area contributed by atoms with Gasteiger partial charge in [-0.1, -0.05) is 12.1 Å². The van der Waals surface area contributed by atoms with Crippen LogP contribution in [-0.4, -0.2) is 43.4 Å². The Bertz CT molecular complexity index is 1400. The number of hydrogen-bond donors (Lipinski definition) is 0. The first kappa shape index (κ1) is 17.6. The minimum Gasteiger partial charge on any atom is -0.297 e. The van der Waals surface area contributed by atoms with Crippen LogP contribution >= 0.6 is 0 Å². The lowest BCUT2D eigenvalue weighted by molar-refractivity contribution is 0.264. The number of aryl methyl sites for hydroxylation is 1. The molecule has 1 saturated heterocycles. The zero-order valence-corrected chi connectivity index (χ0v) is 17.1. The highest BCUT2D eigenvalue weighted by Crippen LogP contribution is 2.37. The minimum atomic E-state index is -0.0402. The fourth-order valence-corrected chi connectivity index (χ4v) is 5.05. The normalized spacial score (nSPS) is 21.5. The molecule has 30 heavy (non-hydrogen) atoms. The number of rotatable bonds is 2. The number of fused-ring (bicyclic) bond motifs is 4. The number of aromatic nitrogens is 4. The SMILES string of the molecule is CN1C2CC[C@@H]1C=C(c1ccc3ncn(-c4ccc5nn(C)cc5c4)c(=O)c3c1)C2. The molecule has 0 radical (unpaired) electrons. The maximum Gasteiger partial charge on any atom is 0.265 e. The molecule has 4 aromatic rings. The molecule has 2 aromatic heterocycles. The van der Waals surface area contributed by atoms with Crippen molar-refractivity contribution >= 4 is 27.4 Å². The van der Waals surface area contributed by atoms with Crippen LogP contribution in [0.5, 0.6) is 0 Å². The van der Waals surface area contributed by atoms with E-state index < -0.39 is 0 Å². The first-order chi connectivity index (χ1) is 14.6. The highest BCUT2D eigenvalue weighted by atomic mass is 16.1. The summed E-state index contributed by atoms with van der Waals surface area (Å²) in [6.07, 6.45) is 9.48. The Morgan fingerprint density at radius 2 is 1.90 bits per heavy atom. The maximum atomic E-state index is 13.4. The Hall–Kier alpha value is -3.25. The smallest absolute Gasteiger partial charge is 0.265 e. The van der Waals surface area contributed by atoms with Crippen molar-refractivity contribution in [2.24, 2.45) is 7.05 Å². The van der Waals surface area contributed by atoms with Gasteiger partial charge in [0.25, 0.3) is 5.56 Å². The van der Waals surface area contributed by atoms with E-state index in [0.717, 1.165) is 34.1 Å². The molecule has 2 bridgehead atoms. The molecule has 150 valence electrons. The molecule has 0 amide bonds. The number of hydrogen-bond acceptors (Lipinski definition) is 4. The lowest BCUT2D eigenvalue weighted by atomic mass is 9.94. The molecule has 0 saturated carbocycles. The molecule has 1 unspecified atom stereocenters. The molecule has 2 aliphatic heterocycles. The fraction of sp³-hybridized carbons (Fsp3) is 0.292. The second-order valence-electron chi connectivity index (χ2n) is 8.56. The molecule has 0 N–H and O–H groups in total. The summed E-state index contributed by atoms with van der Waals surface area (Å²) in [5.41, 5.74) is 4.91.